The number of hydrogen-bond acceptors (Lipinski definition) is 4. The van der Waals surface area contributed by atoms with Crippen LogP contribution in [0.5, 0.6) is 0 Å². The zero-order chi connectivity index (χ0) is 18.3. The first-order valence-corrected chi connectivity index (χ1v) is 8.64. The lowest BCUT2D eigenvalue weighted by Gasteiger charge is -2.09. The molecule has 1 fully saturated rings. The van der Waals surface area contributed by atoms with Crippen LogP contribution in [-0.4, -0.2) is 20.3 Å². The number of furan rings is 1. The van der Waals surface area contributed by atoms with E-state index in [0.29, 0.717) is 11.6 Å². The summed E-state index contributed by atoms with van der Waals surface area (Å²) in [5, 5.41) is 7.21. The first-order valence-electron chi connectivity index (χ1n) is 8.64. The number of carbonyl (C=O) groups excluding carboxylic acids is 1. The molecule has 1 aromatic carbocycles. The van der Waals surface area contributed by atoms with E-state index in [1.165, 1.54) is 4.68 Å². The number of carbonyl (C=O) groups is 1. The molecular weight excluding hydrogens is 332 g/mol. The Morgan fingerprint density at radius 3 is 2.77 bits per heavy atom. The molecule has 1 N–H and O–H groups in total. The van der Waals surface area contributed by atoms with Gasteiger partial charge in [0.2, 0.25) is 11.7 Å². The van der Waals surface area contributed by atoms with E-state index in [0.717, 1.165) is 29.7 Å². The lowest BCUT2D eigenvalue weighted by atomic mass is 10.1. The number of anilines is 1. The van der Waals surface area contributed by atoms with Gasteiger partial charge in [0.15, 0.2) is 5.76 Å². The van der Waals surface area contributed by atoms with Gasteiger partial charge in [-0.25, -0.2) is 9.48 Å². The molecule has 7 heteroatoms. The number of rotatable bonds is 5. The molecule has 1 aliphatic rings. The summed E-state index contributed by atoms with van der Waals surface area (Å²) >= 11 is 0. The minimum absolute atomic E-state index is 0.137. The predicted molar refractivity (Wildman–Crippen MR) is 97.0 cm³/mol. The minimum atomic E-state index is -0.285. The lowest BCUT2D eigenvalue weighted by molar-refractivity contribution is -0.117. The molecule has 26 heavy (non-hydrogen) atoms. The van der Waals surface area contributed by atoms with Crippen molar-refractivity contribution in [3.05, 3.63) is 58.2 Å². The Morgan fingerprint density at radius 2 is 2.08 bits per heavy atom. The Balaban J connectivity index is 1.60. The molecule has 3 aromatic rings. The average Bonchev–Trinajstić information content (AvgIpc) is 3.19. The smallest absolute Gasteiger partial charge is 0.347 e. The van der Waals surface area contributed by atoms with E-state index < -0.39 is 0 Å². The number of hydrogen-bond donors (Lipinski definition) is 1. The third-order valence-electron chi connectivity index (χ3n) is 4.70. The van der Waals surface area contributed by atoms with Crippen LogP contribution in [0, 0.1) is 13.8 Å². The maximum atomic E-state index is 12.7. The van der Waals surface area contributed by atoms with Crippen LogP contribution in [0.3, 0.4) is 0 Å². The van der Waals surface area contributed by atoms with Gasteiger partial charge in [-0.15, -0.1) is 5.10 Å². The summed E-state index contributed by atoms with van der Waals surface area (Å²) in [6, 6.07) is 9.38. The van der Waals surface area contributed by atoms with Crippen LogP contribution in [0.1, 0.15) is 30.0 Å². The normalized spacial score (nSPS) is 13.8. The molecule has 1 aliphatic carbocycles. The van der Waals surface area contributed by atoms with Crippen molar-refractivity contribution >= 4 is 11.6 Å². The highest BCUT2D eigenvalue weighted by Gasteiger charge is 2.31. The molecule has 0 bridgehead atoms. The van der Waals surface area contributed by atoms with E-state index in [-0.39, 0.29) is 24.2 Å². The quantitative estimate of drug-likeness (QED) is 0.765. The van der Waals surface area contributed by atoms with Gasteiger partial charge in [0.1, 0.15) is 6.54 Å². The van der Waals surface area contributed by atoms with Crippen LogP contribution >= 0.6 is 0 Å². The van der Waals surface area contributed by atoms with Gasteiger partial charge in [-0.3, -0.25) is 9.36 Å². The first-order chi connectivity index (χ1) is 12.5. The number of benzene rings is 1. The van der Waals surface area contributed by atoms with Crippen molar-refractivity contribution in [2.45, 2.75) is 39.3 Å². The largest absolute Gasteiger partial charge is 0.461 e. The van der Waals surface area contributed by atoms with Gasteiger partial charge < -0.3 is 9.73 Å². The highest BCUT2D eigenvalue weighted by molar-refractivity contribution is 5.91. The fraction of sp³-hybridized carbons (Fsp3) is 0.316. The number of nitrogens with one attached hydrogen (secondary N) is 1. The fourth-order valence-electron chi connectivity index (χ4n) is 2.97. The summed E-state index contributed by atoms with van der Waals surface area (Å²) in [6.45, 7) is 3.80. The van der Waals surface area contributed by atoms with Crippen molar-refractivity contribution in [3.8, 4) is 11.6 Å². The topological polar surface area (TPSA) is 82.1 Å². The van der Waals surface area contributed by atoms with Gasteiger partial charge in [0.05, 0.1) is 6.26 Å². The number of aromatic nitrogens is 3. The number of amides is 1. The summed E-state index contributed by atoms with van der Waals surface area (Å²) in [4.78, 5) is 25.2. The van der Waals surface area contributed by atoms with E-state index in [1.54, 1.807) is 23.0 Å². The molecule has 0 atom stereocenters. The summed E-state index contributed by atoms with van der Waals surface area (Å²) in [7, 11) is 0. The molecule has 2 heterocycles. The highest BCUT2D eigenvalue weighted by atomic mass is 16.3. The molecule has 134 valence electrons. The van der Waals surface area contributed by atoms with Gasteiger partial charge in [-0.05, 0) is 56.0 Å². The second kappa shape index (κ2) is 6.33. The van der Waals surface area contributed by atoms with Crippen molar-refractivity contribution in [2.24, 2.45) is 0 Å². The van der Waals surface area contributed by atoms with Gasteiger partial charge >= 0.3 is 5.69 Å². The van der Waals surface area contributed by atoms with E-state index in [4.69, 9.17) is 4.42 Å². The molecule has 7 nitrogen and oxygen atoms in total. The van der Waals surface area contributed by atoms with E-state index in [9.17, 15) is 9.59 Å². The van der Waals surface area contributed by atoms with Crippen LogP contribution in [0.4, 0.5) is 5.69 Å². The summed E-state index contributed by atoms with van der Waals surface area (Å²) in [5.74, 6) is 0.719. The van der Waals surface area contributed by atoms with Crippen molar-refractivity contribution in [1.82, 2.24) is 14.3 Å². The monoisotopic (exact) mass is 352 g/mol. The minimum Gasteiger partial charge on any atom is -0.461 e. The van der Waals surface area contributed by atoms with Crippen molar-refractivity contribution in [3.63, 3.8) is 0 Å². The number of nitrogens with zero attached hydrogens (tertiary/aromatic N) is 3. The van der Waals surface area contributed by atoms with Crippen LogP contribution in [-0.2, 0) is 11.3 Å². The fourth-order valence-corrected chi connectivity index (χ4v) is 2.97. The summed E-state index contributed by atoms with van der Waals surface area (Å²) in [6.07, 6.45) is 3.42. The first kappa shape index (κ1) is 16.4. The third kappa shape index (κ3) is 2.96. The maximum Gasteiger partial charge on any atom is 0.347 e. The SMILES string of the molecule is Cc1cccc(NC(=O)Cn2nc(-c3ccco3)n(C3CC3)c2=O)c1C. The van der Waals surface area contributed by atoms with Gasteiger partial charge in [-0.2, -0.15) is 0 Å². The Morgan fingerprint density at radius 1 is 1.27 bits per heavy atom. The molecular formula is C19H20N4O3. The zero-order valence-corrected chi connectivity index (χ0v) is 14.7. The molecule has 1 amide bonds. The Labute approximate surface area is 150 Å². The second-order valence-corrected chi connectivity index (χ2v) is 6.64. The van der Waals surface area contributed by atoms with Crippen molar-refractivity contribution in [1.29, 1.82) is 0 Å². The highest BCUT2D eigenvalue weighted by Crippen LogP contribution is 2.36. The molecule has 0 saturated heterocycles. The summed E-state index contributed by atoms with van der Waals surface area (Å²) in [5.41, 5.74) is 2.57. The van der Waals surface area contributed by atoms with Crippen molar-refractivity contribution in [2.75, 3.05) is 5.32 Å². The van der Waals surface area contributed by atoms with Crippen LogP contribution in [0.25, 0.3) is 11.6 Å². The van der Waals surface area contributed by atoms with Crippen LogP contribution in [0.2, 0.25) is 0 Å². The zero-order valence-electron chi connectivity index (χ0n) is 14.7. The Bertz CT molecular complexity index is 1010. The molecule has 1 saturated carbocycles. The molecule has 0 aliphatic heterocycles. The Kier molecular flexibility index (Phi) is 3.99. The van der Waals surface area contributed by atoms with E-state index >= 15 is 0 Å². The van der Waals surface area contributed by atoms with Crippen molar-refractivity contribution < 1.29 is 9.21 Å². The van der Waals surface area contributed by atoms with Gasteiger partial charge in [-0.1, -0.05) is 12.1 Å². The third-order valence-corrected chi connectivity index (χ3v) is 4.70. The average molecular weight is 352 g/mol. The van der Waals surface area contributed by atoms with Crippen LogP contribution < -0.4 is 11.0 Å². The van der Waals surface area contributed by atoms with E-state index in [2.05, 4.69) is 10.4 Å². The molecule has 0 unspecified atom stereocenters. The predicted octanol–water partition coefficient (Wildman–Crippen LogP) is 2.90. The standard InChI is InChI=1S/C19H20N4O3/c1-12-5-3-6-15(13(12)2)20-17(24)11-22-19(25)23(14-8-9-14)18(21-22)16-7-4-10-26-16/h3-7,10,14H,8-9,11H2,1-2H3,(H,20,24). The molecule has 0 spiro atoms. The summed E-state index contributed by atoms with van der Waals surface area (Å²) < 4.78 is 8.23. The van der Waals surface area contributed by atoms with Gasteiger partial charge in [0, 0.05) is 11.7 Å². The lowest BCUT2D eigenvalue weighted by Crippen LogP contribution is -2.30. The van der Waals surface area contributed by atoms with Gasteiger partial charge in [0.25, 0.3) is 0 Å². The van der Waals surface area contributed by atoms with Crippen LogP contribution in [0.15, 0.2) is 45.8 Å². The molecule has 4 rings (SSSR count). The van der Waals surface area contributed by atoms with E-state index in [1.807, 2.05) is 32.0 Å². The number of aryl methyl sites for hydroxylation is 1. The molecule has 2 aromatic heterocycles. The maximum absolute atomic E-state index is 12.7. The Hall–Kier alpha value is -3.09. The second-order valence-electron chi connectivity index (χ2n) is 6.64. The molecule has 0 radical (unpaired) electrons.